The van der Waals surface area contributed by atoms with Crippen LogP contribution >= 0.6 is 0 Å². The molecule has 0 radical (unpaired) electrons. The quantitative estimate of drug-likeness (QED) is 0.662. The molecule has 0 aliphatic rings. The van der Waals surface area contributed by atoms with E-state index in [4.69, 9.17) is 0 Å². The number of carbonyl (C=O) groups is 2. The van der Waals surface area contributed by atoms with Crippen molar-refractivity contribution in [3.05, 3.63) is 58.7 Å². The second kappa shape index (κ2) is 7.98. The van der Waals surface area contributed by atoms with Crippen LogP contribution in [0.25, 0.3) is 5.78 Å². The van der Waals surface area contributed by atoms with Gasteiger partial charge in [-0.05, 0) is 48.9 Å². The Hall–Kier alpha value is -3.29. The molecule has 0 bridgehead atoms. The van der Waals surface area contributed by atoms with Gasteiger partial charge in [0.05, 0.1) is 0 Å². The minimum absolute atomic E-state index is 0.0174. The summed E-state index contributed by atoms with van der Waals surface area (Å²) >= 11 is 0. The number of rotatable bonds is 4. The summed E-state index contributed by atoms with van der Waals surface area (Å²) < 4.78 is 1.66. The Morgan fingerprint density at radius 1 is 1.07 bits per heavy atom. The lowest BCUT2D eigenvalue weighted by Crippen LogP contribution is -2.41. The van der Waals surface area contributed by atoms with E-state index in [0.29, 0.717) is 17.8 Å². The summed E-state index contributed by atoms with van der Waals surface area (Å²) in [6.07, 6.45) is 2.16. The first-order valence-corrected chi connectivity index (χ1v) is 9.52. The maximum atomic E-state index is 12.3. The number of hydrazine groups is 1. The Bertz CT molecular complexity index is 1050. The van der Waals surface area contributed by atoms with E-state index in [1.807, 2.05) is 26.0 Å². The van der Waals surface area contributed by atoms with Crippen LogP contribution in [0, 0.1) is 13.8 Å². The topological polar surface area (TPSA) is 101 Å². The van der Waals surface area contributed by atoms with Crippen LogP contribution in [0.3, 0.4) is 0 Å². The molecule has 29 heavy (non-hydrogen) atoms. The molecule has 0 atom stereocenters. The van der Waals surface area contributed by atoms with Gasteiger partial charge in [-0.25, -0.2) is 9.50 Å². The van der Waals surface area contributed by atoms with Gasteiger partial charge in [-0.2, -0.15) is 10.1 Å². The number of benzene rings is 1. The number of aromatic nitrogens is 4. The molecule has 2 aromatic heterocycles. The summed E-state index contributed by atoms with van der Waals surface area (Å²) in [7, 11) is 0. The lowest BCUT2D eigenvalue weighted by Gasteiger charge is -2.19. The normalized spacial score (nSPS) is 11.5. The van der Waals surface area contributed by atoms with Gasteiger partial charge >= 0.3 is 0 Å². The first kappa shape index (κ1) is 20.4. The molecule has 0 saturated heterocycles. The number of aryl methyl sites for hydroxylation is 2. The molecule has 0 aliphatic heterocycles. The monoisotopic (exact) mass is 394 g/mol. The highest BCUT2D eigenvalue weighted by Gasteiger charge is 2.15. The number of carbonyl (C=O) groups excluding carboxylic acids is 2. The van der Waals surface area contributed by atoms with Gasteiger partial charge in [-0.1, -0.05) is 32.9 Å². The first-order valence-electron chi connectivity index (χ1n) is 9.52. The Kier molecular flexibility index (Phi) is 5.63. The number of nitrogens with one attached hydrogen (secondary N) is 2. The standard InChI is InChI=1S/C21H26N6O2/c1-13-17(14(2)27-20(24-13)22-12-23-27)10-11-18(28)25-26-19(29)15-6-8-16(9-7-15)21(3,4)5/h6-9,12H,10-11H2,1-5H3,(H,25,28)(H,26,29). The molecule has 8 heteroatoms. The lowest BCUT2D eigenvalue weighted by atomic mass is 9.87. The summed E-state index contributed by atoms with van der Waals surface area (Å²) in [6.45, 7) is 10.1. The highest BCUT2D eigenvalue weighted by molar-refractivity contribution is 5.95. The third-order valence-corrected chi connectivity index (χ3v) is 4.92. The van der Waals surface area contributed by atoms with E-state index in [0.717, 1.165) is 22.5 Å². The van der Waals surface area contributed by atoms with E-state index in [1.165, 1.54) is 6.33 Å². The number of fused-ring (bicyclic) bond motifs is 1. The minimum atomic E-state index is -0.350. The third kappa shape index (κ3) is 4.59. The molecule has 1 aromatic carbocycles. The molecule has 0 unspecified atom stereocenters. The van der Waals surface area contributed by atoms with Gasteiger partial charge in [0.1, 0.15) is 6.33 Å². The summed E-state index contributed by atoms with van der Waals surface area (Å²) in [6, 6.07) is 7.37. The molecular formula is C21H26N6O2. The average Bonchev–Trinajstić information content (AvgIpc) is 3.14. The van der Waals surface area contributed by atoms with Gasteiger partial charge in [0, 0.05) is 23.4 Å². The second-order valence-electron chi connectivity index (χ2n) is 8.06. The highest BCUT2D eigenvalue weighted by Crippen LogP contribution is 2.22. The number of amides is 2. The molecule has 8 nitrogen and oxygen atoms in total. The van der Waals surface area contributed by atoms with Crippen LogP contribution in [0.4, 0.5) is 0 Å². The van der Waals surface area contributed by atoms with Crippen LogP contribution in [0.15, 0.2) is 30.6 Å². The molecule has 0 saturated carbocycles. The molecule has 3 aromatic rings. The second-order valence-corrected chi connectivity index (χ2v) is 8.06. The Balaban J connectivity index is 1.56. The van der Waals surface area contributed by atoms with Crippen molar-refractivity contribution in [3.8, 4) is 0 Å². The predicted molar refractivity (Wildman–Crippen MR) is 109 cm³/mol. The molecule has 152 valence electrons. The van der Waals surface area contributed by atoms with Crippen molar-refractivity contribution in [2.45, 2.75) is 52.9 Å². The van der Waals surface area contributed by atoms with Crippen LogP contribution in [0.5, 0.6) is 0 Å². The Morgan fingerprint density at radius 2 is 1.76 bits per heavy atom. The van der Waals surface area contributed by atoms with Gasteiger partial charge in [0.2, 0.25) is 5.91 Å². The Labute approximate surface area is 169 Å². The zero-order valence-corrected chi connectivity index (χ0v) is 17.4. The maximum Gasteiger partial charge on any atom is 0.269 e. The van der Waals surface area contributed by atoms with Crippen molar-refractivity contribution in [3.63, 3.8) is 0 Å². The van der Waals surface area contributed by atoms with Gasteiger partial charge < -0.3 is 0 Å². The largest absolute Gasteiger partial charge is 0.273 e. The SMILES string of the molecule is Cc1nc2ncnn2c(C)c1CCC(=O)NNC(=O)c1ccc(C(C)(C)C)cc1. The van der Waals surface area contributed by atoms with E-state index in [1.54, 1.807) is 16.6 Å². The third-order valence-electron chi connectivity index (χ3n) is 4.92. The van der Waals surface area contributed by atoms with Gasteiger partial charge in [-0.15, -0.1) is 0 Å². The van der Waals surface area contributed by atoms with Crippen LogP contribution < -0.4 is 10.9 Å². The fourth-order valence-electron chi connectivity index (χ4n) is 3.14. The van der Waals surface area contributed by atoms with Crippen LogP contribution in [-0.4, -0.2) is 31.4 Å². The lowest BCUT2D eigenvalue weighted by molar-refractivity contribution is -0.121. The average molecular weight is 394 g/mol. The molecule has 2 N–H and O–H groups in total. The van der Waals surface area contributed by atoms with Gasteiger partial charge in [0.25, 0.3) is 11.7 Å². The smallest absolute Gasteiger partial charge is 0.269 e. The summed E-state index contributed by atoms with van der Waals surface area (Å²) in [4.78, 5) is 32.9. The molecule has 2 amide bonds. The van der Waals surface area contributed by atoms with Crippen molar-refractivity contribution < 1.29 is 9.59 Å². The van der Waals surface area contributed by atoms with Crippen LogP contribution in [0.1, 0.15) is 60.1 Å². The molecular weight excluding hydrogens is 368 g/mol. The van der Waals surface area contributed by atoms with E-state index < -0.39 is 0 Å². The van der Waals surface area contributed by atoms with Crippen molar-refractivity contribution >= 4 is 17.6 Å². The molecule has 3 rings (SSSR count). The van der Waals surface area contributed by atoms with E-state index >= 15 is 0 Å². The fraction of sp³-hybridized carbons (Fsp3) is 0.381. The van der Waals surface area contributed by atoms with E-state index in [9.17, 15) is 9.59 Å². The minimum Gasteiger partial charge on any atom is -0.273 e. The number of nitrogens with zero attached hydrogens (tertiary/aromatic N) is 4. The zero-order chi connectivity index (χ0) is 21.2. The van der Waals surface area contributed by atoms with E-state index in [-0.39, 0.29) is 23.7 Å². The summed E-state index contributed by atoms with van der Waals surface area (Å²) in [5.41, 5.74) is 9.26. The van der Waals surface area contributed by atoms with Crippen molar-refractivity contribution in [2.75, 3.05) is 0 Å². The fourth-order valence-corrected chi connectivity index (χ4v) is 3.14. The predicted octanol–water partition coefficient (Wildman–Crippen LogP) is 2.43. The molecule has 0 aliphatic carbocycles. The van der Waals surface area contributed by atoms with Crippen molar-refractivity contribution in [1.82, 2.24) is 30.4 Å². The van der Waals surface area contributed by atoms with Gasteiger partial charge in [-0.3, -0.25) is 20.4 Å². The van der Waals surface area contributed by atoms with Crippen LogP contribution in [-0.2, 0) is 16.6 Å². The molecule has 0 fully saturated rings. The Morgan fingerprint density at radius 3 is 2.41 bits per heavy atom. The van der Waals surface area contributed by atoms with Gasteiger partial charge in [0.15, 0.2) is 0 Å². The van der Waals surface area contributed by atoms with Crippen molar-refractivity contribution in [2.24, 2.45) is 0 Å². The maximum absolute atomic E-state index is 12.3. The van der Waals surface area contributed by atoms with Crippen LogP contribution in [0.2, 0.25) is 0 Å². The molecule has 2 heterocycles. The first-order chi connectivity index (χ1) is 13.7. The summed E-state index contributed by atoms with van der Waals surface area (Å²) in [5, 5.41) is 4.15. The van der Waals surface area contributed by atoms with E-state index in [2.05, 4.69) is 46.7 Å². The number of hydrogen-bond donors (Lipinski definition) is 2. The summed E-state index contributed by atoms with van der Waals surface area (Å²) in [5.74, 6) is -0.0861. The highest BCUT2D eigenvalue weighted by atomic mass is 16.2. The number of hydrogen-bond acceptors (Lipinski definition) is 5. The zero-order valence-electron chi connectivity index (χ0n) is 17.4. The van der Waals surface area contributed by atoms with Crippen molar-refractivity contribution in [1.29, 1.82) is 0 Å². The molecule has 0 spiro atoms.